The SMILES string of the molecule is [2H]CC1(C([2H])([2H])[2H])c2cc3c(c(-[n+]4[c-]n(-c5cccc(Oc6ccc7c8ccccc8n(-c8cc(C(C)(C)C)ccn8)c7c6)c5)c5ccccc54)c2C(C([2H])([2H])[2H])(C([2H])([2H])[2H])C([2H])([2H])C1([2H])[2H])-c1ccccc1-c1ccccc1-c1ccccc1-3. The number of nitrogens with zero attached hydrogens (tertiary/aromatic N) is 4. The van der Waals surface area contributed by atoms with Crippen LogP contribution in [0.2, 0.25) is 0 Å². The van der Waals surface area contributed by atoms with E-state index < -0.39 is 62.2 Å². The average molecular weight is 935 g/mol. The van der Waals surface area contributed by atoms with Crippen LogP contribution in [-0.4, -0.2) is 14.1 Å². The molecule has 0 bridgehead atoms. The molecule has 0 saturated carbocycles. The molecule has 0 N–H and O–H groups in total. The number of hydrogen-bond donors (Lipinski definition) is 0. The fourth-order valence-corrected chi connectivity index (χ4v) is 10.8. The zero-order chi connectivity index (χ0) is 60.2. The first-order valence-electron chi connectivity index (χ1n) is 30.9. The normalized spacial score (nSPS) is 20.7. The number of ether oxygens (including phenoxy) is 1. The van der Waals surface area contributed by atoms with Crippen molar-refractivity contribution in [1.82, 2.24) is 14.1 Å². The van der Waals surface area contributed by atoms with Gasteiger partial charge in [-0.1, -0.05) is 176 Å². The third kappa shape index (κ3) is 6.81. The van der Waals surface area contributed by atoms with Gasteiger partial charge in [-0.05, 0) is 133 Å². The van der Waals surface area contributed by atoms with E-state index in [0.717, 1.165) is 44.3 Å². The first kappa shape index (κ1) is 30.6. The number of para-hydroxylation sites is 3. The van der Waals surface area contributed by atoms with Crippen molar-refractivity contribution >= 4 is 32.8 Å². The van der Waals surface area contributed by atoms with Gasteiger partial charge in [0, 0.05) is 47.8 Å². The molecule has 0 amide bonds. The monoisotopic (exact) mass is 935 g/mol. The van der Waals surface area contributed by atoms with Crippen molar-refractivity contribution in [3.05, 3.63) is 211 Å². The zero-order valence-corrected chi connectivity index (χ0v) is 39.3. The Morgan fingerprint density at radius 1 is 0.592 bits per heavy atom. The van der Waals surface area contributed by atoms with Gasteiger partial charge < -0.3 is 4.74 Å². The molecule has 3 aromatic heterocycles. The Morgan fingerprint density at radius 3 is 1.93 bits per heavy atom. The predicted octanol–water partition coefficient (Wildman–Crippen LogP) is 16.6. The summed E-state index contributed by atoms with van der Waals surface area (Å²) < 4.78 is 146. The molecule has 0 spiro atoms. The number of fused-ring (bicyclic) bond motifs is 13. The Hall–Kier alpha value is -8.02. The molecule has 346 valence electrons. The first-order chi connectivity index (χ1) is 40.2. The Kier molecular flexibility index (Phi) is 6.78. The van der Waals surface area contributed by atoms with Crippen LogP contribution in [0.3, 0.4) is 0 Å². The summed E-state index contributed by atoms with van der Waals surface area (Å²) in [7, 11) is 0. The number of aromatic nitrogens is 4. The van der Waals surface area contributed by atoms with Crippen molar-refractivity contribution in [3.8, 4) is 73.2 Å². The van der Waals surface area contributed by atoms with Gasteiger partial charge in [0.1, 0.15) is 17.3 Å². The van der Waals surface area contributed by atoms with E-state index in [1.54, 1.807) is 65.2 Å². The molecule has 71 heavy (non-hydrogen) atoms. The second-order valence-corrected chi connectivity index (χ2v) is 19.7. The molecule has 1 unspecified atom stereocenters. The van der Waals surface area contributed by atoms with Crippen LogP contribution >= 0.6 is 0 Å². The van der Waals surface area contributed by atoms with Gasteiger partial charge in [-0.25, -0.2) is 4.98 Å². The smallest absolute Gasteiger partial charge is 0.269 e. The van der Waals surface area contributed by atoms with E-state index in [0.29, 0.717) is 50.5 Å². The summed E-state index contributed by atoms with van der Waals surface area (Å²) in [6.45, 7) is -6.31. The fraction of sp³-hybridized carbons (Fsp3) is 0.182. The van der Waals surface area contributed by atoms with E-state index in [1.807, 2.05) is 103 Å². The Bertz CT molecular complexity index is 4530. The summed E-state index contributed by atoms with van der Waals surface area (Å²) in [4.78, 5) is 4.85. The Balaban J connectivity index is 1.12. The maximum absolute atomic E-state index is 10.0. The third-order valence-corrected chi connectivity index (χ3v) is 14.1. The minimum absolute atomic E-state index is 0.137. The van der Waals surface area contributed by atoms with E-state index in [2.05, 4.69) is 49.9 Å². The van der Waals surface area contributed by atoms with Crippen molar-refractivity contribution in [1.29, 1.82) is 0 Å². The number of benzene rings is 8. The maximum atomic E-state index is 10.0. The standard InChI is InChI=1S/C66H56N4O/c1-64(2,3)42-33-36-67-60(37-42)70-56-28-15-14-26-51(56)52-32-31-45(39-59(52)70)71-44-20-18-19-43(38-44)68-41-69(58-30-17-16-29-57(58)68)63-61-53-27-13-12-24-49(53)47-22-9-8-21-46(47)48-23-10-11-25-50(48)54(61)40-55-62(63)66(6,7)35-34-65(55,4)5/h8-33,36-40H,34-35H2,1-7H3/i4D,5D3,6D3,7D3,34D2,35D2. The molecule has 11 aromatic rings. The Morgan fingerprint density at radius 2 is 1.21 bits per heavy atom. The highest BCUT2D eigenvalue weighted by atomic mass is 16.5. The highest BCUT2D eigenvalue weighted by Gasteiger charge is 2.42. The van der Waals surface area contributed by atoms with Crippen LogP contribution in [0.25, 0.3) is 94.5 Å². The average Bonchev–Trinajstić information content (AvgIpc) is 0.886. The van der Waals surface area contributed by atoms with Crippen LogP contribution in [0.1, 0.15) is 96.9 Å². The summed E-state index contributed by atoms with van der Waals surface area (Å²) in [6, 6.07) is 56.0. The molecule has 2 aliphatic rings. The predicted molar refractivity (Wildman–Crippen MR) is 292 cm³/mol. The first-order valence-corrected chi connectivity index (χ1v) is 23.7. The molecular weight excluding hydrogens is 865 g/mol. The van der Waals surface area contributed by atoms with Crippen LogP contribution in [0.4, 0.5) is 0 Å². The number of rotatable bonds is 5. The molecule has 1 atom stereocenters. The van der Waals surface area contributed by atoms with Crippen molar-refractivity contribution < 1.29 is 28.5 Å². The Labute approximate surface area is 436 Å². The quantitative estimate of drug-likeness (QED) is 0.127. The number of pyridine rings is 1. The van der Waals surface area contributed by atoms with Gasteiger partial charge in [-0.2, -0.15) is 0 Å². The summed E-state index contributed by atoms with van der Waals surface area (Å²) >= 11 is 0. The molecular formula is C66H56N4O. The molecule has 5 heteroatoms. The van der Waals surface area contributed by atoms with Crippen LogP contribution in [0, 0.1) is 6.33 Å². The largest absolute Gasteiger partial charge is 0.458 e. The third-order valence-electron chi connectivity index (χ3n) is 14.1. The second kappa shape index (κ2) is 15.7. The highest BCUT2D eigenvalue weighted by Crippen LogP contribution is 2.56. The van der Waals surface area contributed by atoms with Gasteiger partial charge in [-0.3, -0.25) is 13.7 Å². The van der Waals surface area contributed by atoms with E-state index in [1.165, 1.54) is 10.6 Å². The van der Waals surface area contributed by atoms with Crippen LogP contribution in [0.5, 0.6) is 11.5 Å². The number of hydrogen-bond acceptors (Lipinski definition) is 2. The topological polar surface area (TPSA) is 35.9 Å². The van der Waals surface area contributed by atoms with Gasteiger partial charge in [0.05, 0.1) is 33.4 Å². The van der Waals surface area contributed by atoms with E-state index in [-0.39, 0.29) is 22.2 Å². The van der Waals surface area contributed by atoms with Crippen molar-refractivity contribution in [2.45, 2.75) is 77.2 Å². The molecule has 5 nitrogen and oxygen atoms in total. The van der Waals surface area contributed by atoms with Crippen LogP contribution < -0.4 is 9.30 Å². The van der Waals surface area contributed by atoms with Crippen molar-refractivity contribution in [2.24, 2.45) is 0 Å². The van der Waals surface area contributed by atoms with Gasteiger partial charge in [0.15, 0.2) is 0 Å². The van der Waals surface area contributed by atoms with Crippen molar-refractivity contribution in [2.75, 3.05) is 0 Å². The van der Waals surface area contributed by atoms with E-state index in [4.69, 9.17) is 9.72 Å². The summed E-state index contributed by atoms with van der Waals surface area (Å²) in [5, 5.41) is 2.03. The fourth-order valence-electron chi connectivity index (χ4n) is 10.8. The second-order valence-electron chi connectivity index (χ2n) is 19.7. The lowest BCUT2D eigenvalue weighted by Gasteiger charge is -2.44. The molecule has 13 rings (SSSR count). The lowest BCUT2D eigenvalue weighted by atomic mass is 9.61. The molecule has 3 heterocycles. The van der Waals surface area contributed by atoms with Gasteiger partial charge in [0.25, 0.3) is 6.33 Å². The van der Waals surface area contributed by atoms with Crippen LogP contribution in [0.15, 0.2) is 188 Å². The summed E-state index contributed by atoms with van der Waals surface area (Å²) in [6.07, 6.45) is -2.63. The summed E-state index contributed by atoms with van der Waals surface area (Å²) in [5.74, 6) is 1.67. The molecule has 0 saturated heterocycles. The highest BCUT2D eigenvalue weighted by molar-refractivity contribution is 6.10. The molecule has 2 aliphatic carbocycles. The molecule has 0 aliphatic heterocycles. The lowest BCUT2D eigenvalue weighted by Crippen LogP contribution is -2.41. The zero-order valence-electron chi connectivity index (χ0n) is 53.3. The van der Waals surface area contributed by atoms with E-state index >= 15 is 0 Å². The molecule has 8 aromatic carbocycles. The minimum Gasteiger partial charge on any atom is -0.458 e. The van der Waals surface area contributed by atoms with Crippen molar-refractivity contribution in [3.63, 3.8) is 0 Å². The molecule has 0 fully saturated rings. The van der Waals surface area contributed by atoms with Gasteiger partial charge in [0.2, 0.25) is 0 Å². The maximum Gasteiger partial charge on any atom is 0.269 e. The van der Waals surface area contributed by atoms with Gasteiger partial charge >= 0.3 is 0 Å². The summed E-state index contributed by atoms with van der Waals surface area (Å²) in [5.41, 5.74) is -0.387. The molecule has 0 radical (unpaired) electrons. The van der Waals surface area contributed by atoms with Gasteiger partial charge in [-0.15, -0.1) is 0 Å². The van der Waals surface area contributed by atoms with Crippen LogP contribution in [-0.2, 0) is 16.2 Å². The number of imidazole rings is 1. The minimum atomic E-state index is -4.07. The lowest BCUT2D eigenvalue weighted by molar-refractivity contribution is -0.572. The van der Waals surface area contributed by atoms with E-state index in [9.17, 15) is 19.2 Å².